The summed E-state index contributed by atoms with van der Waals surface area (Å²) in [5.41, 5.74) is 11.6. The summed E-state index contributed by atoms with van der Waals surface area (Å²) in [6, 6.07) is 7.35. The molecule has 11 heteroatoms. The topological polar surface area (TPSA) is 144 Å². The van der Waals surface area contributed by atoms with Gasteiger partial charge in [-0.25, -0.2) is 13.4 Å². The number of sulfonamides is 1. The number of aromatic nitrogens is 1. The number of likely N-dealkylation sites (tertiary alicyclic amines) is 1. The number of anilines is 1. The van der Waals surface area contributed by atoms with E-state index in [1.54, 1.807) is 24.9 Å². The van der Waals surface area contributed by atoms with Gasteiger partial charge in [-0.1, -0.05) is 18.2 Å². The number of hydrazine groups is 1. The Hall–Kier alpha value is -3.70. The van der Waals surface area contributed by atoms with E-state index < -0.39 is 21.8 Å². The first-order valence-corrected chi connectivity index (χ1v) is 16.3. The van der Waals surface area contributed by atoms with Crippen molar-refractivity contribution in [3.05, 3.63) is 58.3 Å². The molecule has 1 fully saturated rings. The standard InChI is InChI=1S/C32H41N5O5S/c1-19-20(2)28(21(3)24-11-13-32(4,5)42-27(19)24)43(40,41)36-35-30(38)26(31(39)37-15-7-6-8-16-37)18-22-9-10-25-23(17-22)12-14-34-29(25)33/h9-10,12,14,17,26,36H,6-8,11,13,15-16,18H2,1-5H3,(H2,33,34)(H,35,38). The predicted molar refractivity (Wildman–Crippen MR) is 166 cm³/mol. The average molecular weight is 608 g/mol. The number of piperidine rings is 1. The molecule has 0 bridgehead atoms. The van der Waals surface area contributed by atoms with Crippen LogP contribution in [0, 0.1) is 26.7 Å². The lowest BCUT2D eigenvalue weighted by atomic mass is 9.88. The maximum absolute atomic E-state index is 13.7. The molecule has 1 atom stereocenters. The number of nitrogens with one attached hydrogen (secondary N) is 2. The number of nitrogen functional groups attached to an aromatic ring is 1. The summed E-state index contributed by atoms with van der Waals surface area (Å²) in [6.45, 7) is 10.6. The molecule has 5 rings (SSSR count). The maximum Gasteiger partial charge on any atom is 0.257 e. The lowest BCUT2D eigenvalue weighted by Crippen LogP contribution is -2.51. The lowest BCUT2D eigenvalue weighted by molar-refractivity contribution is -0.143. The van der Waals surface area contributed by atoms with Gasteiger partial charge < -0.3 is 15.4 Å². The Morgan fingerprint density at radius 3 is 2.51 bits per heavy atom. The van der Waals surface area contributed by atoms with E-state index in [2.05, 4.69) is 15.2 Å². The minimum Gasteiger partial charge on any atom is -0.487 e. The van der Waals surface area contributed by atoms with Gasteiger partial charge in [0.2, 0.25) is 11.8 Å². The van der Waals surface area contributed by atoms with Crippen molar-refractivity contribution in [1.82, 2.24) is 20.1 Å². The number of hydrogen-bond donors (Lipinski definition) is 3. The normalized spacial score (nSPS) is 17.2. The van der Waals surface area contributed by atoms with Crippen LogP contribution in [0.25, 0.3) is 10.8 Å². The molecule has 0 aliphatic carbocycles. The van der Waals surface area contributed by atoms with Gasteiger partial charge in [-0.05, 0) is 112 Å². The monoisotopic (exact) mass is 607 g/mol. The number of rotatable bonds is 7. The number of nitrogens with zero attached hydrogens (tertiary/aromatic N) is 2. The molecule has 0 saturated carbocycles. The molecule has 3 aromatic rings. The molecule has 2 aliphatic rings. The molecule has 1 aromatic heterocycles. The van der Waals surface area contributed by atoms with E-state index in [-0.39, 0.29) is 22.8 Å². The number of nitrogens with two attached hydrogens (primary N) is 1. The Bertz CT molecular complexity index is 1700. The number of carbonyl (C=O) groups excluding carboxylic acids is 2. The van der Waals surface area contributed by atoms with Crippen LogP contribution in [0.15, 0.2) is 35.4 Å². The number of ether oxygens (including phenoxy) is 1. The van der Waals surface area contributed by atoms with Gasteiger partial charge in [0.25, 0.3) is 10.0 Å². The summed E-state index contributed by atoms with van der Waals surface area (Å²) in [6.07, 6.45) is 5.91. The number of fused-ring (bicyclic) bond motifs is 2. The lowest BCUT2D eigenvalue weighted by Gasteiger charge is -2.35. The highest BCUT2D eigenvalue weighted by molar-refractivity contribution is 7.89. The van der Waals surface area contributed by atoms with Crippen LogP contribution in [0.1, 0.15) is 67.3 Å². The molecule has 0 spiro atoms. The van der Waals surface area contributed by atoms with Crippen LogP contribution in [-0.2, 0) is 32.5 Å². The van der Waals surface area contributed by atoms with Crippen LogP contribution >= 0.6 is 0 Å². The highest BCUT2D eigenvalue weighted by atomic mass is 32.2. The zero-order valence-electron chi connectivity index (χ0n) is 25.5. The van der Waals surface area contributed by atoms with Gasteiger partial charge in [0.05, 0.1) is 4.90 Å². The van der Waals surface area contributed by atoms with Crippen LogP contribution in [0.2, 0.25) is 0 Å². The molecule has 10 nitrogen and oxygen atoms in total. The summed E-state index contributed by atoms with van der Waals surface area (Å²) in [5, 5.41) is 1.62. The number of hydrogen-bond acceptors (Lipinski definition) is 7. The predicted octanol–water partition coefficient (Wildman–Crippen LogP) is 4.03. The molecule has 2 aromatic carbocycles. The van der Waals surface area contributed by atoms with Crippen molar-refractivity contribution in [2.45, 2.75) is 83.6 Å². The highest BCUT2D eigenvalue weighted by Gasteiger charge is 2.35. The number of amides is 2. The van der Waals surface area contributed by atoms with Gasteiger partial charge in [0.15, 0.2) is 0 Å². The summed E-state index contributed by atoms with van der Waals surface area (Å²) in [7, 11) is -4.18. The summed E-state index contributed by atoms with van der Waals surface area (Å²) in [5.74, 6) is -1.02. The van der Waals surface area contributed by atoms with Crippen LogP contribution < -0.4 is 20.7 Å². The van der Waals surface area contributed by atoms with Gasteiger partial charge in [-0.15, -0.1) is 4.83 Å². The van der Waals surface area contributed by atoms with Gasteiger partial charge in [-0.2, -0.15) is 0 Å². The third kappa shape index (κ3) is 6.19. The Morgan fingerprint density at radius 1 is 1.07 bits per heavy atom. The second kappa shape index (κ2) is 11.8. The van der Waals surface area contributed by atoms with Crippen molar-refractivity contribution in [1.29, 1.82) is 0 Å². The summed E-state index contributed by atoms with van der Waals surface area (Å²) >= 11 is 0. The smallest absolute Gasteiger partial charge is 0.257 e. The fraction of sp³-hybridized carbons (Fsp3) is 0.469. The molecule has 1 saturated heterocycles. The molecule has 230 valence electrons. The van der Waals surface area contributed by atoms with E-state index in [9.17, 15) is 18.0 Å². The van der Waals surface area contributed by atoms with Crippen LogP contribution in [0.4, 0.5) is 5.82 Å². The Labute approximate surface area is 253 Å². The van der Waals surface area contributed by atoms with E-state index in [0.717, 1.165) is 58.9 Å². The van der Waals surface area contributed by atoms with E-state index in [1.165, 1.54) is 0 Å². The molecular weight excluding hydrogens is 566 g/mol. The third-order valence-corrected chi connectivity index (χ3v) is 10.3. The first kappa shape index (κ1) is 30.7. The highest BCUT2D eigenvalue weighted by Crippen LogP contribution is 2.42. The van der Waals surface area contributed by atoms with Gasteiger partial charge in [0.1, 0.15) is 23.1 Å². The Balaban J connectivity index is 1.41. The number of benzene rings is 2. The first-order valence-electron chi connectivity index (χ1n) is 14.8. The first-order chi connectivity index (χ1) is 20.3. The molecular formula is C32H41N5O5S. The molecule has 4 N–H and O–H groups in total. The van der Waals surface area contributed by atoms with Crippen molar-refractivity contribution in [2.24, 2.45) is 5.92 Å². The van der Waals surface area contributed by atoms with Crippen molar-refractivity contribution >= 4 is 38.4 Å². The third-order valence-electron chi connectivity index (χ3n) is 8.83. The van der Waals surface area contributed by atoms with Gasteiger partial charge in [0, 0.05) is 24.7 Å². The fourth-order valence-corrected chi connectivity index (χ4v) is 7.67. The number of carbonyl (C=O) groups is 2. The second-order valence-corrected chi connectivity index (χ2v) is 14.0. The van der Waals surface area contributed by atoms with Gasteiger partial charge in [-0.3, -0.25) is 15.0 Å². The van der Waals surface area contributed by atoms with Crippen LogP contribution in [0.3, 0.4) is 0 Å². The van der Waals surface area contributed by atoms with E-state index in [4.69, 9.17) is 10.5 Å². The van der Waals surface area contributed by atoms with Crippen LogP contribution in [0.5, 0.6) is 5.75 Å². The molecule has 43 heavy (non-hydrogen) atoms. The Morgan fingerprint density at radius 2 is 1.79 bits per heavy atom. The zero-order valence-corrected chi connectivity index (χ0v) is 26.4. The largest absolute Gasteiger partial charge is 0.487 e. The minimum absolute atomic E-state index is 0.101. The molecule has 2 amide bonds. The maximum atomic E-state index is 13.7. The zero-order chi connectivity index (χ0) is 31.1. The van der Waals surface area contributed by atoms with Crippen molar-refractivity contribution in [3.8, 4) is 5.75 Å². The van der Waals surface area contributed by atoms with E-state index in [1.807, 2.05) is 45.0 Å². The van der Waals surface area contributed by atoms with Crippen molar-refractivity contribution in [3.63, 3.8) is 0 Å². The average Bonchev–Trinajstić information content (AvgIpc) is 2.97. The molecule has 1 unspecified atom stereocenters. The summed E-state index contributed by atoms with van der Waals surface area (Å²) < 4.78 is 33.6. The van der Waals surface area contributed by atoms with E-state index in [0.29, 0.717) is 36.5 Å². The molecule has 2 aliphatic heterocycles. The molecule has 3 heterocycles. The van der Waals surface area contributed by atoms with Gasteiger partial charge >= 0.3 is 0 Å². The van der Waals surface area contributed by atoms with Crippen molar-refractivity contribution < 1.29 is 22.7 Å². The quantitative estimate of drug-likeness (QED) is 0.272. The minimum atomic E-state index is -4.18. The van der Waals surface area contributed by atoms with Crippen LogP contribution in [-0.4, -0.2) is 48.8 Å². The summed E-state index contributed by atoms with van der Waals surface area (Å²) in [4.78, 5) is 35.5. The number of pyridine rings is 1. The van der Waals surface area contributed by atoms with Crippen molar-refractivity contribution in [2.75, 3.05) is 18.8 Å². The molecule has 0 radical (unpaired) electrons. The Kier molecular flexibility index (Phi) is 8.41. The second-order valence-electron chi connectivity index (χ2n) is 12.4. The fourth-order valence-electron chi connectivity index (χ4n) is 6.25. The van der Waals surface area contributed by atoms with E-state index >= 15 is 0 Å². The SMILES string of the molecule is Cc1c(C)c(S(=O)(=O)NNC(=O)C(Cc2ccc3c(N)nccc3c2)C(=O)N2CCCCC2)c(C)c2c1OC(C)(C)CC2.